The van der Waals surface area contributed by atoms with Crippen molar-refractivity contribution in [1.29, 1.82) is 0 Å². The first-order chi connectivity index (χ1) is 6.40. The van der Waals surface area contributed by atoms with Gasteiger partial charge < -0.3 is 10.5 Å². The zero-order chi connectivity index (χ0) is 10.8. The number of hydrogen-bond acceptors (Lipinski definition) is 2. The van der Waals surface area contributed by atoms with E-state index in [0.29, 0.717) is 5.02 Å². The fraction of sp³-hybridized carbons (Fsp3) is 0.455. The van der Waals surface area contributed by atoms with Crippen molar-refractivity contribution in [2.75, 3.05) is 7.11 Å². The quantitative estimate of drug-likeness (QED) is 0.838. The van der Waals surface area contributed by atoms with Crippen molar-refractivity contribution < 1.29 is 4.74 Å². The van der Waals surface area contributed by atoms with Gasteiger partial charge >= 0.3 is 0 Å². The lowest BCUT2D eigenvalue weighted by Gasteiger charge is -2.18. The highest BCUT2D eigenvalue weighted by Crippen LogP contribution is 2.22. The summed E-state index contributed by atoms with van der Waals surface area (Å²) in [4.78, 5) is 0. The molecule has 0 aliphatic rings. The SMILES string of the molecule is COc1cc(Cl)cc(CC(C)(C)N)c1. The van der Waals surface area contributed by atoms with E-state index in [4.69, 9.17) is 22.1 Å². The summed E-state index contributed by atoms with van der Waals surface area (Å²) in [6.07, 6.45) is 0.782. The Kier molecular flexibility index (Phi) is 3.40. The summed E-state index contributed by atoms with van der Waals surface area (Å²) in [7, 11) is 1.63. The van der Waals surface area contributed by atoms with Gasteiger partial charge in [-0.1, -0.05) is 11.6 Å². The van der Waals surface area contributed by atoms with Crippen molar-refractivity contribution in [1.82, 2.24) is 0 Å². The van der Waals surface area contributed by atoms with E-state index < -0.39 is 0 Å². The molecule has 0 saturated heterocycles. The van der Waals surface area contributed by atoms with Crippen molar-refractivity contribution in [3.05, 3.63) is 28.8 Å². The van der Waals surface area contributed by atoms with Crippen LogP contribution < -0.4 is 10.5 Å². The van der Waals surface area contributed by atoms with Crippen molar-refractivity contribution in [2.45, 2.75) is 25.8 Å². The van der Waals surface area contributed by atoms with Gasteiger partial charge in [0.25, 0.3) is 0 Å². The second-order valence-electron chi connectivity index (χ2n) is 4.16. The number of hydrogen-bond donors (Lipinski definition) is 1. The summed E-state index contributed by atoms with van der Waals surface area (Å²) < 4.78 is 5.12. The zero-order valence-electron chi connectivity index (χ0n) is 8.80. The fourth-order valence-corrected chi connectivity index (χ4v) is 1.61. The van der Waals surface area contributed by atoms with Crippen LogP contribution in [0.3, 0.4) is 0 Å². The van der Waals surface area contributed by atoms with Crippen LogP contribution in [-0.4, -0.2) is 12.6 Å². The average molecular weight is 214 g/mol. The van der Waals surface area contributed by atoms with Crippen molar-refractivity contribution in [2.24, 2.45) is 5.73 Å². The molecule has 0 radical (unpaired) electrons. The van der Waals surface area contributed by atoms with E-state index in [-0.39, 0.29) is 5.54 Å². The molecule has 1 rings (SSSR count). The van der Waals surface area contributed by atoms with Crippen LogP contribution in [0.25, 0.3) is 0 Å². The first-order valence-electron chi connectivity index (χ1n) is 4.53. The van der Waals surface area contributed by atoms with Crippen LogP contribution in [0.2, 0.25) is 5.02 Å². The second kappa shape index (κ2) is 4.20. The molecular formula is C11H16ClNO. The van der Waals surface area contributed by atoms with Gasteiger partial charge in [-0.3, -0.25) is 0 Å². The lowest BCUT2D eigenvalue weighted by molar-refractivity contribution is 0.413. The van der Waals surface area contributed by atoms with Gasteiger partial charge in [0.15, 0.2) is 0 Å². The molecule has 78 valence electrons. The van der Waals surface area contributed by atoms with E-state index >= 15 is 0 Å². The molecule has 0 aromatic heterocycles. The number of benzene rings is 1. The average Bonchev–Trinajstić information content (AvgIpc) is 1.99. The van der Waals surface area contributed by atoms with E-state index in [1.54, 1.807) is 13.2 Å². The van der Waals surface area contributed by atoms with Crippen molar-refractivity contribution in [3.63, 3.8) is 0 Å². The summed E-state index contributed by atoms with van der Waals surface area (Å²) in [5, 5.41) is 0.684. The van der Waals surface area contributed by atoms with E-state index in [1.165, 1.54) is 0 Å². The predicted octanol–water partition coefficient (Wildman–Crippen LogP) is 2.63. The van der Waals surface area contributed by atoms with Gasteiger partial charge in [-0.2, -0.15) is 0 Å². The van der Waals surface area contributed by atoms with Gasteiger partial charge in [0.05, 0.1) is 7.11 Å². The molecule has 3 heteroatoms. The molecule has 0 spiro atoms. The largest absolute Gasteiger partial charge is 0.497 e. The summed E-state index contributed by atoms with van der Waals surface area (Å²) >= 11 is 5.94. The van der Waals surface area contributed by atoms with Crippen LogP contribution in [0, 0.1) is 0 Å². The molecule has 0 atom stereocenters. The molecule has 1 aromatic carbocycles. The zero-order valence-corrected chi connectivity index (χ0v) is 9.56. The van der Waals surface area contributed by atoms with Gasteiger partial charge in [-0.25, -0.2) is 0 Å². The van der Waals surface area contributed by atoms with Gasteiger partial charge in [-0.15, -0.1) is 0 Å². The lowest BCUT2D eigenvalue weighted by Crippen LogP contribution is -2.34. The Bertz CT molecular complexity index is 318. The van der Waals surface area contributed by atoms with Crippen LogP contribution in [0.4, 0.5) is 0 Å². The molecule has 0 heterocycles. The van der Waals surface area contributed by atoms with Crippen LogP contribution in [0.15, 0.2) is 18.2 Å². The highest BCUT2D eigenvalue weighted by molar-refractivity contribution is 6.30. The summed E-state index contributed by atoms with van der Waals surface area (Å²) in [6, 6.07) is 5.66. The molecule has 2 N–H and O–H groups in total. The summed E-state index contributed by atoms with van der Waals surface area (Å²) in [6.45, 7) is 3.97. The first kappa shape index (κ1) is 11.3. The second-order valence-corrected chi connectivity index (χ2v) is 4.60. The van der Waals surface area contributed by atoms with E-state index in [1.807, 2.05) is 26.0 Å². The number of ether oxygens (including phenoxy) is 1. The van der Waals surface area contributed by atoms with E-state index in [2.05, 4.69) is 0 Å². The number of halogens is 1. The Morgan fingerprint density at radius 2 is 2.00 bits per heavy atom. The van der Waals surface area contributed by atoms with Crippen molar-refractivity contribution in [3.8, 4) is 5.75 Å². The fourth-order valence-electron chi connectivity index (χ4n) is 1.37. The third-order valence-corrected chi connectivity index (χ3v) is 2.04. The standard InChI is InChI=1S/C11H16ClNO/c1-11(2,13)7-8-4-9(12)6-10(5-8)14-3/h4-6H,7,13H2,1-3H3. The number of nitrogens with two attached hydrogens (primary N) is 1. The Hall–Kier alpha value is -0.730. The molecule has 0 bridgehead atoms. The highest BCUT2D eigenvalue weighted by Gasteiger charge is 2.12. The maximum absolute atomic E-state index is 5.94. The monoisotopic (exact) mass is 213 g/mol. The molecule has 0 saturated carbocycles. The lowest BCUT2D eigenvalue weighted by atomic mass is 9.96. The minimum absolute atomic E-state index is 0.226. The maximum atomic E-state index is 5.94. The molecular weight excluding hydrogens is 198 g/mol. The Morgan fingerprint density at radius 3 is 2.50 bits per heavy atom. The van der Waals surface area contributed by atoms with E-state index in [0.717, 1.165) is 17.7 Å². The number of rotatable bonds is 3. The van der Waals surface area contributed by atoms with Gasteiger partial charge in [0.1, 0.15) is 5.75 Å². The number of methoxy groups -OCH3 is 1. The van der Waals surface area contributed by atoms with Crippen LogP contribution in [0.5, 0.6) is 5.75 Å². The maximum Gasteiger partial charge on any atom is 0.120 e. The summed E-state index contributed by atoms with van der Waals surface area (Å²) in [5.74, 6) is 0.775. The van der Waals surface area contributed by atoms with Crippen LogP contribution >= 0.6 is 11.6 Å². The predicted molar refractivity (Wildman–Crippen MR) is 60.0 cm³/mol. The smallest absolute Gasteiger partial charge is 0.120 e. The van der Waals surface area contributed by atoms with Gasteiger partial charge in [0.2, 0.25) is 0 Å². The Balaban J connectivity index is 2.92. The normalized spacial score (nSPS) is 11.5. The third-order valence-electron chi connectivity index (χ3n) is 1.83. The van der Waals surface area contributed by atoms with Crippen molar-refractivity contribution >= 4 is 11.6 Å². The van der Waals surface area contributed by atoms with E-state index in [9.17, 15) is 0 Å². The highest BCUT2D eigenvalue weighted by atomic mass is 35.5. The molecule has 2 nitrogen and oxygen atoms in total. The molecule has 0 aliphatic heterocycles. The molecule has 1 aromatic rings. The molecule has 0 unspecified atom stereocenters. The Labute approximate surface area is 90.0 Å². The van der Waals surface area contributed by atoms with Crippen LogP contribution in [-0.2, 0) is 6.42 Å². The summed E-state index contributed by atoms with van der Waals surface area (Å²) in [5.41, 5.74) is 6.80. The minimum Gasteiger partial charge on any atom is -0.497 e. The van der Waals surface area contributed by atoms with Gasteiger partial charge in [0, 0.05) is 10.6 Å². The molecule has 14 heavy (non-hydrogen) atoms. The Morgan fingerprint density at radius 1 is 1.36 bits per heavy atom. The molecule has 0 aliphatic carbocycles. The molecule has 0 fully saturated rings. The van der Waals surface area contributed by atoms with Gasteiger partial charge in [-0.05, 0) is 44.0 Å². The van der Waals surface area contributed by atoms with Crippen LogP contribution in [0.1, 0.15) is 19.4 Å². The first-order valence-corrected chi connectivity index (χ1v) is 4.91. The molecule has 0 amide bonds. The third kappa shape index (κ3) is 3.56. The topological polar surface area (TPSA) is 35.2 Å². The minimum atomic E-state index is -0.226.